The van der Waals surface area contributed by atoms with Crippen LogP contribution in [-0.2, 0) is 14.6 Å². The molecule has 112 valence electrons. The van der Waals surface area contributed by atoms with Gasteiger partial charge in [0.1, 0.15) is 6.26 Å². The summed E-state index contributed by atoms with van der Waals surface area (Å²) in [5, 5.41) is 0.283. The van der Waals surface area contributed by atoms with Crippen LogP contribution in [0.3, 0.4) is 0 Å². The Labute approximate surface area is 126 Å². The first kappa shape index (κ1) is 15.6. The lowest BCUT2D eigenvalue weighted by molar-refractivity contribution is 0.0519. The van der Waals surface area contributed by atoms with Crippen LogP contribution in [-0.4, -0.2) is 32.2 Å². The van der Waals surface area contributed by atoms with E-state index in [1.165, 1.54) is 30.2 Å². The van der Waals surface area contributed by atoms with Crippen molar-refractivity contribution in [3.05, 3.63) is 36.2 Å². The van der Waals surface area contributed by atoms with E-state index in [0.29, 0.717) is 0 Å². The minimum absolute atomic E-state index is 0.104. The molecule has 0 saturated heterocycles. The Kier molecular flexibility index (Phi) is 4.69. The molecule has 8 heteroatoms. The van der Waals surface area contributed by atoms with Crippen molar-refractivity contribution in [3.63, 3.8) is 0 Å². The average molecular weight is 327 g/mol. The molecule has 0 atom stereocenters. The monoisotopic (exact) mass is 327 g/mol. The number of rotatable bonds is 5. The Morgan fingerprint density at radius 3 is 2.57 bits per heavy atom. The van der Waals surface area contributed by atoms with Gasteiger partial charge >= 0.3 is 5.97 Å². The molecule has 2 rings (SSSR count). The molecule has 0 saturated carbocycles. The van der Waals surface area contributed by atoms with Crippen molar-refractivity contribution in [2.75, 3.05) is 12.9 Å². The molecular formula is C13H13NO5S2. The maximum atomic E-state index is 11.4. The number of carbonyl (C=O) groups excluding carboxylic acids is 1. The van der Waals surface area contributed by atoms with Gasteiger partial charge in [0.25, 0.3) is 5.22 Å². The van der Waals surface area contributed by atoms with Gasteiger partial charge in [0.15, 0.2) is 15.5 Å². The van der Waals surface area contributed by atoms with Crippen molar-refractivity contribution < 1.29 is 22.4 Å². The number of esters is 1. The van der Waals surface area contributed by atoms with Gasteiger partial charge in [0.2, 0.25) is 0 Å². The van der Waals surface area contributed by atoms with Gasteiger partial charge in [-0.3, -0.25) is 0 Å². The van der Waals surface area contributed by atoms with Gasteiger partial charge in [-0.1, -0.05) is 0 Å². The highest BCUT2D eigenvalue weighted by Gasteiger charge is 2.14. The summed E-state index contributed by atoms with van der Waals surface area (Å²) in [6.07, 6.45) is 2.38. The van der Waals surface area contributed by atoms with Gasteiger partial charge in [-0.05, 0) is 43.0 Å². The minimum Gasteiger partial charge on any atom is -0.461 e. The SMILES string of the molecule is CCOC(=O)c1coc(Sc2ccc(S(C)(=O)=O)cc2)n1. The van der Waals surface area contributed by atoms with Crippen LogP contribution in [0.15, 0.2) is 50.0 Å². The molecular weight excluding hydrogens is 314 g/mol. The van der Waals surface area contributed by atoms with Gasteiger partial charge < -0.3 is 9.15 Å². The average Bonchev–Trinajstić information content (AvgIpc) is 2.87. The number of sulfone groups is 1. The number of hydrogen-bond acceptors (Lipinski definition) is 7. The third-order valence-corrected chi connectivity index (χ3v) is 4.42. The molecule has 0 aliphatic heterocycles. The number of aromatic nitrogens is 1. The maximum Gasteiger partial charge on any atom is 0.360 e. The van der Waals surface area contributed by atoms with Crippen molar-refractivity contribution in [1.29, 1.82) is 0 Å². The summed E-state index contributed by atoms with van der Waals surface area (Å²) in [5.41, 5.74) is 0.104. The zero-order chi connectivity index (χ0) is 15.5. The van der Waals surface area contributed by atoms with Crippen molar-refractivity contribution in [2.24, 2.45) is 0 Å². The van der Waals surface area contributed by atoms with Crippen molar-refractivity contribution in [1.82, 2.24) is 4.98 Å². The molecule has 0 N–H and O–H groups in total. The molecule has 0 aliphatic rings. The normalized spacial score (nSPS) is 11.3. The Balaban J connectivity index is 2.10. The van der Waals surface area contributed by atoms with E-state index in [1.54, 1.807) is 19.1 Å². The number of hydrogen-bond donors (Lipinski definition) is 0. The molecule has 0 unspecified atom stereocenters. The van der Waals surface area contributed by atoms with Gasteiger partial charge in [0.05, 0.1) is 11.5 Å². The van der Waals surface area contributed by atoms with Crippen molar-refractivity contribution in [3.8, 4) is 0 Å². The molecule has 1 aromatic carbocycles. The summed E-state index contributed by atoms with van der Waals surface area (Å²) in [6, 6.07) is 6.31. The number of carbonyl (C=O) groups is 1. The third-order valence-electron chi connectivity index (χ3n) is 2.42. The minimum atomic E-state index is -3.22. The smallest absolute Gasteiger partial charge is 0.360 e. The predicted octanol–water partition coefficient (Wildman–Crippen LogP) is 2.41. The molecule has 0 fully saturated rings. The topological polar surface area (TPSA) is 86.5 Å². The maximum absolute atomic E-state index is 11.4. The summed E-state index contributed by atoms with van der Waals surface area (Å²) < 4.78 is 32.7. The van der Waals surface area contributed by atoms with Crippen LogP contribution in [0, 0.1) is 0 Å². The van der Waals surface area contributed by atoms with Gasteiger partial charge in [-0.15, -0.1) is 0 Å². The molecule has 0 spiro atoms. The van der Waals surface area contributed by atoms with Gasteiger partial charge in [-0.2, -0.15) is 4.98 Å². The summed E-state index contributed by atoms with van der Waals surface area (Å²) in [7, 11) is -3.22. The second-order valence-electron chi connectivity index (χ2n) is 4.06. The van der Waals surface area contributed by atoms with Crippen LogP contribution in [0.5, 0.6) is 0 Å². The van der Waals surface area contributed by atoms with Crippen LogP contribution in [0.25, 0.3) is 0 Å². The zero-order valence-corrected chi connectivity index (χ0v) is 13.0. The first-order valence-corrected chi connectivity index (χ1v) is 8.71. The Bertz CT molecular complexity index is 734. The van der Waals surface area contributed by atoms with Crippen molar-refractivity contribution >= 4 is 27.6 Å². The highest BCUT2D eigenvalue weighted by atomic mass is 32.2. The molecule has 1 aromatic heterocycles. The van der Waals surface area contributed by atoms with Gasteiger partial charge in [0, 0.05) is 11.2 Å². The van der Waals surface area contributed by atoms with E-state index < -0.39 is 15.8 Å². The number of oxazole rings is 1. The van der Waals surface area contributed by atoms with Crippen molar-refractivity contribution in [2.45, 2.75) is 21.9 Å². The van der Waals surface area contributed by atoms with E-state index >= 15 is 0 Å². The van der Waals surface area contributed by atoms with Crippen LogP contribution in [0.4, 0.5) is 0 Å². The lowest BCUT2D eigenvalue weighted by Crippen LogP contribution is -2.04. The molecule has 6 nitrogen and oxygen atoms in total. The van der Waals surface area contributed by atoms with Gasteiger partial charge in [-0.25, -0.2) is 13.2 Å². The van der Waals surface area contributed by atoms with E-state index in [-0.39, 0.29) is 22.4 Å². The summed E-state index contributed by atoms with van der Waals surface area (Å²) in [5.74, 6) is -0.541. The highest BCUT2D eigenvalue weighted by molar-refractivity contribution is 7.99. The molecule has 21 heavy (non-hydrogen) atoms. The van der Waals surface area contributed by atoms with E-state index in [9.17, 15) is 13.2 Å². The molecule has 0 bridgehead atoms. The lowest BCUT2D eigenvalue weighted by Gasteiger charge is -2.00. The molecule has 0 aliphatic carbocycles. The second-order valence-corrected chi connectivity index (χ2v) is 7.11. The zero-order valence-electron chi connectivity index (χ0n) is 11.4. The Morgan fingerprint density at radius 1 is 1.33 bits per heavy atom. The second kappa shape index (κ2) is 6.31. The first-order valence-electron chi connectivity index (χ1n) is 6.01. The first-order chi connectivity index (χ1) is 9.90. The van der Waals surface area contributed by atoms with Crippen LogP contribution in [0.2, 0.25) is 0 Å². The van der Waals surface area contributed by atoms with E-state index in [2.05, 4.69) is 4.98 Å². The van der Waals surface area contributed by atoms with E-state index in [1.807, 2.05) is 0 Å². The van der Waals surface area contributed by atoms with Crippen LogP contribution < -0.4 is 0 Å². The van der Waals surface area contributed by atoms with E-state index in [0.717, 1.165) is 11.2 Å². The van der Waals surface area contributed by atoms with E-state index in [4.69, 9.17) is 9.15 Å². The molecule has 1 heterocycles. The largest absolute Gasteiger partial charge is 0.461 e. The number of benzene rings is 1. The number of ether oxygens (including phenoxy) is 1. The highest BCUT2D eigenvalue weighted by Crippen LogP contribution is 2.27. The third kappa shape index (κ3) is 4.08. The molecule has 0 radical (unpaired) electrons. The van der Waals surface area contributed by atoms with Crippen LogP contribution >= 0.6 is 11.8 Å². The fourth-order valence-electron chi connectivity index (χ4n) is 1.46. The Morgan fingerprint density at radius 2 is 2.00 bits per heavy atom. The van der Waals surface area contributed by atoms with Crippen LogP contribution in [0.1, 0.15) is 17.4 Å². The molecule has 0 amide bonds. The summed E-state index contributed by atoms with van der Waals surface area (Å²) in [4.78, 5) is 16.4. The number of nitrogens with zero attached hydrogens (tertiary/aromatic N) is 1. The standard InChI is InChI=1S/C13H13NO5S2/c1-3-18-12(15)11-8-19-13(14-11)20-9-4-6-10(7-5-9)21(2,16)17/h4-8H,3H2,1-2H3. The Hall–Kier alpha value is -1.80. The summed E-state index contributed by atoms with van der Waals surface area (Å²) >= 11 is 1.18. The molecule has 2 aromatic rings. The summed E-state index contributed by atoms with van der Waals surface area (Å²) in [6.45, 7) is 1.97. The predicted molar refractivity (Wildman–Crippen MR) is 76.1 cm³/mol. The fourth-order valence-corrected chi connectivity index (χ4v) is 2.80. The quantitative estimate of drug-likeness (QED) is 0.779. The fraction of sp³-hybridized carbons (Fsp3) is 0.231. The lowest BCUT2D eigenvalue weighted by atomic mass is 10.4.